The van der Waals surface area contributed by atoms with E-state index in [1.165, 1.54) is 0 Å². The Morgan fingerprint density at radius 3 is 2.74 bits per heavy atom. The Balaban J connectivity index is 2.63. The molecule has 0 aliphatic carbocycles. The molecule has 1 aromatic rings. The summed E-state index contributed by atoms with van der Waals surface area (Å²) in [6.45, 7) is 5.44. The molecule has 0 aromatic heterocycles. The van der Waals surface area contributed by atoms with Gasteiger partial charge in [-0.3, -0.25) is 9.69 Å². The highest BCUT2D eigenvalue weighted by Crippen LogP contribution is 2.15. The van der Waals surface area contributed by atoms with Gasteiger partial charge >= 0.3 is 0 Å². The highest BCUT2D eigenvalue weighted by molar-refractivity contribution is 5.95. The molecule has 0 heterocycles. The van der Waals surface area contributed by atoms with Crippen LogP contribution in [0.2, 0.25) is 0 Å². The van der Waals surface area contributed by atoms with Crippen LogP contribution in [0.25, 0.3) is 0 Å². The van der Waals surface area contributed by atoms with E-state index in [1.807, 2.05) is 38.2 Å². The number of nitrogens with zero attached hydrogens (tertiary/aromatic N) is 1. The molecule has 1 amide bonds. The number of benzene rings is 1. The van der Waals surface area contributed by atoms with Gasteiger partial charge in [0.05, 0.1) is 6.04 Å². The predicted octanol–water partition coefficient (Wildman–Crippen LogP) is 2.20. The molecule has 1 rings (SSSR count). The molecule has 0 radical (unpaired) electrons. The molecule has 1 unspecified atom stereocenters. The Morgan fingerprint density at radius 2 is 2.11 bits per heavy atom. The van der Waals surface area contributed by atoms with Gasteiger partial charge in [0.15, 0.2) is 0 Å². The SMILES string of the molecule is CCCCN(C)C(C)C(=O)Nc1ccccc1CN. The van der Waals surface area contributed by atoms with Crippen LogP contribution in [0.5, 0.6) is 0 Å². The Labute approximate surface area is 116 Å². The summed E-state index contributed by atoms with van der Waals surface area (Å²) < 4.78 is 0. The predicted molar refractivity (Wildman–Crippen MR) is 80.0 cm³/mol. The highest BCUT2D eigenvalue weighted by Gasteiger charge is 2.18. The number of carbonyl (C=O) groups is 1. The van der Waals surface area contributed by atoms with Crippen LogP contribution < -0.4 is 11.1 Å². The van der Waals surface area contributed by atoms with Crippen LogP contribution in [0.3, 0.4) is 0 Å². The summed E-state index contributed by atoms with van der Waals surface area (Å²) in [5.41, 5.74) is 7.43. The maximum absolute atomic E-state index is 12.2. The molecule has 0 bridgehead atoms. The van der Waals surface area contributed by atoms with E-state index in [0.29, 0.717) is 6.54 Å². The zero-order valence-electron chi connectivity index (χ0n) is 12.1. The van der Waals surface area contributed by atoms with Gasteiger partial charge < -0.3 is 11.1 Å². The van der Waals surface area contributed by atoms with Gasteiger partial charge in [0.2, 0.25) is 5.91 Å². The van der Waals surface area contributed by atoms with Crippen LogP contribution >= 0.6 is 0 Å². The van der Waals surface area contributed by atoms with E-state index in [4.69, 9.17) is 5.73 Å². The van der Waals surface area contributed by atoms with Crippen LogP contribution in [0.15, 0.2) is 24.3 Å². The molecule has 0 saturated heterocycles. The minimum Gasteiger partial charge on any atom is -0.326 e. The van der Waals surface area contributed by atoms with E-state index in [0.717, 1.165) is 30.6 Å². The zero-order chi connectivity index (χ0) is 14.3. The Morgan fingerprint density at radius 1 is 1.42 bits per heavy atom. The molecule has 1 aromatic carbocycles. The van der Waals surface area contributed by atoms with Gasteiger partial charge in [0, 0.05) is 12.2 Å². The summed E-state index contributed by atoms with van der Waals surface area (Å²) in [7, 11) is 1.98. The monoisotopic (exact) mass is 263 g/mol. The van der Waals surface area contributed by atoms with Crippen molar-refractivity contribution >= 4 is 11.6 Å². The second-order valence-electron chi connectivity index (χ2n) is 4.86. The molecule has 106 valence electrons. The first-order valence-electron chi connectivity index (χ1n) is 6.89. The number of amides is 1. The maximum Gasteiger partial charge on any atom is 0.241 e. The van der Waals surface area contributed by atoms with Crippen molar-refractivity contribution in [1.82, 2.24) is 4.90 Å². The molecule has 0 saturated carbocycles. The van der Waals surface area contributed by atoms with Crippen LogP contribution in [0, 0.1) is 0 Å². The summed E-state index contributed by atoms with van der Waals surface area (Å²) in [4.78, 5) is 14.3. The molecule has 0 fully saturated rings. The summed E-state index contributed by atoms with van der Waals surface area (Å²) in [5.74, 6) is 0.0134. The number of likely N-dealkylation sites (N-methyl/N-ethyl adjacent to an activating group) is 1. The lowest BCUT2D eigenvalue weighted by molar-refractivity contribution is -0.120. The largest absolute Gasteiger partial charge is 0.326 e. The van der Waals surface area contributed by atoms with Gasteiger partial charge in [-0.25, -0.2) is 0 Å². The molecular formula is C15H25N3O. The average molecular weight is 263 g/mol. The van der Waals surface area contributed by atoms with Crippen molar-refractivity contribution in [2.45, 2.75) is 39.3 Å². The maximum atomic E-state index is 12.2. The minimum absolute atomic E-state index is 0.0134. The van der Waals surface area contributed by atoms with Crippen molar-refractivity contribution in [3.8, 4) is 0 Å². The first-order valence-corrected chi connectivity index (χ1v) is 6.89. The molecule has 0 spiro atoms. The van der Waals surface area contributed by atoms with E-state index in [9.17, 15) is 4.79 Å². The van der Waals surface area contributed by atoms with Gasteiger partial charge in [0.25, 0.3) is 0 Å². The Hall–Kier alpha value is -1.39. The number of unbranched alkanes of at least 4 members (excludes halogenated alkanes) is 1. The highest BCUT2D eigenvalue weighted by atomic mass is 16.2. The number of rotatable bonds is 7. The number of nitrogens with one attached hydrogen (secondary N) is 1. The summed E-state index contributed by atoms with van der Waals surface area (Å²) in [6, 6.07) is 7.51. The third-order valence-corrected chi connectivity index (χ3v) is 3.40. The number of hydrogen-bond acceptors (Lipinski definition) is 3. The van der Waals surface area contributed by atoms with E-state index in [-0.39, 0.29) is 11.9 Å². The van der Waals surface area contributed by atoms with E-state index < -0.39 is 0 Å². The molecule has 0 aliphatic heterocycles. The Bertz CT molecular complexity index is 406. The van der Waals surface area contributed by atoms with Crippen LogP contribution in [-0.2, 0) is 11.3 Å². The number of carbonyl (C=O) groups excluding carboxylic acids is 1. The van der Waals surface area contributed by atoms with Crippen molar-refractivity contribution < 1.29 is 4.79 Å². The minimum atomic E-state index is -0.141. The van der Waals surface area contributed by atoms with Gasteiger partial charge in [-0.15, -0.1) is 0 Å². The van der Waals surface area contributed by atoms with Crippen LogP contribution in [0.1, 0.15) is 32.3 Å². The molecular weight excluding hydrogens is 238 g/mol. The smallest absolute Gasteiger partial charge is 0.241 e. The fourth-order valence-electron chi connectivity index (χ4n) is 1.86. The van der Waals surface area contributed by atoms with Crippen LogP contribution in [-0.4, -0.2) is 30.4 Å². The second-order valence-corrected chi connectivity index (χ2v) is 4.86. The molecule has 19 heavy (non-hydrogen) atoms. The van der Waals surface area contributed by atoms with Crippen molar-refractivity contribution in [3.63, 3.8) is 0 Å². The first-order chi connectivity index (χ1) is 9.10. The topological polar surface area (TPSA) is 58.4 Å². The second kappa shape index (κ2) is 7.92. The number of anilines is 1. The third kappa shape index (κ3) is 4.65. The number of nitrogens with two attached hydrogens (primary N) is 1. The van der Waals surface area contributed by atoms with Crippen LogP contribution in [0.4, 0.5) is 5.69 Å². The van der Waals surface area contributed by atoms with E-state index >= 15 is 0 Å². The molecule has 4 heteroatoms. The van der Waals surface area contributed by atoms with Gasteiger partial charge in [-0.1, -0.05) is 31.5 Å². The van der Waals surface area contributed by atoms with E-state index in [1.54, 1.807) is 0 Å². The molecule has 3 N–H and O–H groups in total. The first kappa shape index (κ1) is 15.7. The lowest BCUT2D eigenvalue weighted by Gasteiger charge is -2.24. The standard InChI is InChI=1S/C15H25N3O/c1-4-5-10-18(3)12(2)15(19)17-14-9-7-6-8-13(14)11-16/h6-9,12H,4-5,10-11,16H2,1-3H3,(H,17,19). The number of hydrogen-bond donors (Lipinski definition) is 2. The van der Waals surface area contributed by atoms with E-state index in [2.05, 4.69) is 17.1 Å². The lowest BCUT2D eigenvalue weighted by atomic mass is 10.1. The third-order valence-electron chi connectivity index (χ3n) is 3.40. The van der Waals surface area contributed by atoms with Crippen molar-refractivity contribution in [1.29, 1.82) is 0 Å². The van der Waals surface area contributed by atoms with Crippen molar-refractivity contribution in [2.24, 2.45) is 5.73 Å². The zero-order valence-corrected chi connectivity index (χ0v) is 12.1. The molecule has 1 atom stereocenters. The van der Waals surface area contributed by atoms with Crippen molar-refractivity contribution in [3.05, 3.63) is 29.8 Å². The molecule has 4 nitrogen and oxygen atoms in total. The summed E-state index contributed by atoms with van der Waals surface area (Å²) in [6.07, 6.45) is 2.24. The van der Waals surface area contributed by atoms with Gasteiger partial charge in [-0.2, -0.15) is 0 Å². The lowest BCUT2D eigenvalue weighted by Crippen LogP contribution is -2.40. The van der Waals surface area contributed by atoms with Gasteiger partial charge in [0.1, 0.15) is 0 Å². The summed E-state index contributed by atoms with van der Waals surface area (Å²) in [5, 5.41) is 2.96. The quantitative estimate of drug-likeness (QED) is 0.793. The Kier molecular flexibility index (Phi) is 6.53. The average Bonchev–Trinajstić information content (AvgIpc) is 2.44. The molecule has 0 aliphatic rings. The number of para-hydroxylation sites is 1. The van der Waals surface area contributed by atoms with Crippen molar-refractivity contribution in [2.75, 3.05) is 18.9 Å². The fraction of sp³-hybridized carbons (Fsp3) is 0.533. The fourth-order valence-corrected chi connectivity index (χ4v) is 1.86. The van der Waals surface area contributed by atoms with Gasteiger partial charge in [-0.05, 0) is 38.6 Å². The summed E-state index contributed by atoms with van der Waals surface area (Å²) >= 11 is 0. The normalized spacial score (nSPS) is 12.5.